The van der Waals surface area contributed by atoms with Crippen molar-refractivity contribution in [3.8, 4) is 0 Å². The van der Waals surface area contributed by atoms with Crippen LogP contribution in [0.15, 0.2) is 34.1 Å². The molecule has 0 atom stereocenters. The molecule has 0 aliphatic heterocycles. The fraction of sp³-hybridized carbons (Fsp3) is 0.294. The lowest BCUT2D eigenvalue weighted by molar-refractivity contribution is 0.0691. The number of benzene rings is 1. The maximum atomic E-state index is 11.5. The Morgan fingerprint density at radius 2 is 1.95 bits per heavy atom. The van der Waals surface area contributed by atoms with Crippen molar-refractivity contribution in [2.24, 2.45) is 0 Å². The Morgan fingerprint density at radius 3 is 2.71 bits per heavy atom. The van der Waals surface area contributed by atoms with Gasteiger partial charge in [0.1, 0.15) is 0 Å². The Kier molecular flexibility index (Phi) is 3.72. The van der Waals surface area contributed by atoms with Crippen molar-refractivity contribution in [1.29, 1.82) is 0 Å². The van der Waals surface area contributed by atoms with Gasteiger partial charge in [-0.2, -0.15) is 0 Å². The predicted molar refractivity (Wildman–Crippen MR) is 83.3 cm³/mol. The molecule has 0 fully saturated rings. The lowest BCUT2D eigenvalue weighted by atomic mass is 10.1. The Morgan fingerprint density at radius 1 is 1.19 bits per heavy atom. The van der Waals surface area contributed by atoms with Crippen LogP contribution in [0.2, 0.25) is 0 Å². The summed E-state index contributed by atoms with van der Waals surface area (Å²) in [5, 5.41) is 9.42. The fourth-order valence-corrected chi connectivity index (χ4v) is 4.03. The lowest BCUT2D eigenvalue weighted by Gasteiger charge is -2.10. The first kappa shape index (κ1) is 14.1. The topological polar surface area (TPSA) is 50.2 Å². The van der Waals surface area contributed by atoms with Gasteiger partial charge in [0.2, 0.25) is 0 Å². The Bertz CT molecular complexity index is 725. The van der Waals surface area contributed by atoms with Crippen LogP contribution in [-0.4, -0.2) is 16.1 Å². The summed E-state index contributed by atoms with van der Waals surface area (Å²) in [6.07, 6.45) is 3.51. The van der Waals surface area contributed by atoms with Crippen LogP contribution in [0.4, 0.5) is 0 Å². The van der Waals surface area contributed by atoms with Crippen molar-refractivity contribution in [3.05, 3.63) is 52.3 Å². The number of carboxylic acids is 1. The van der Waals surface area contributed by atoms with Crippen LogP contribution in [-0.2, 0) is 12.8 Å². The summed E-state index contributed by atoms with van der Waals surface area (Å²) < 4.78 is 0. The van der Waals surface area contributed by atoms with E-state index in [9.17, 15) is 9.90 Å². The van der Waals surface area contributed by atoms with Crippen LogP contribution in [0.1, 0.15) is 39.3 Å². The molecule has 1 aliphatic rings. The average Bonchev–Trinajstić information content (AvgIpc) is 2.84. The normalized spacial score (nSPS) is 13.2. The van der Waals surface area contributed by atoms with Gasteiger partial charge in [-0.25, -0.2) is 4.79 Å². The van der Waals surface area contributed by atoms with Gasteiger partial charge in [-0.15, -0.1) is 0 Å². The van der Waals surface area contributed by atoms with Crippen molar-refractivity contribution in [2.45, 2.75) is 42.9 Å². The molecule has 1 N–H and O–H groups in total. The highest BCUT2D eigenvalue weighted by molar-refractivity contribution is 7.99. The van der Waals surface area contributed by atoms with Gasteiger partial charge in [-0.3, -0.25) is 4.98 Å². The predicted octanol–water partition coefficient (Wildman–Crippen LogP) is 4.04. The summed E-state index contributed by atoms with van der Waals surface area (Å²) >= 11 is 1.52. The molecule has 0 saturated heterocycles. The molecule has 1 aromatic heterocycles. The van der Waals surface area contributed by atoms with Gasteiger partial charge in [-0.1, -0.05) is 17.8 Å². The third kappa shape index (κ3) is 2.81. The van der Waals surface area contributed by atoms with Crippen molar-refractivity contribution in [2.75, 3.05) is 0 Å². The SMILES string of the molecule is Cc1cc(Sc2ccc3c(c2)CCC3)c(C(=O)O)c(C)n1. The summed E-state index contributed by atoms with van der Waals surface area (Å²) in [6.45, 7) is 3.65. The van der Waals surface area contributed by atoms with Crippen molar-refractivity contribution in [1.82, 2.24) is 4.98 Å². The number of aryl methyl sites for hydroxylation is 4. The average molecular weight is 299 g/mol. The number of nitrogens with zero attached hydrogens (tertiary/aromatic N) is 1. The Hall–Kier alpha value is -1.81. The fourth-order valence-electron chi connectivity index (χ4n) is 2.87. The number of rotatable bonds is 3. The summed E-state index contributed by atoms with van der Waals surface area (Å²) in [5.74, 6) is -0.913. The van der Waals surface area contributed by atoms with Crippen LogP contribution >= 0.6 is 11.8 Å². The van der Waals surface area contributed by atoms with Crippen molar-refractivity contribution in [3.63, 3.8) is 0 Å². The third-order valence-electron chi connectivity index (χ3n) is 3.80. The molecule has 0 amide bonds. The van der Waals surface area contributed by atoms with E-state index in [1.54, 1.807) is 6.92 Å². The van der Waals surface area contributed by atoms with Crippen molar-refractivity contribution < 1.29 is 9.90 Å². The van der Waals surface area contributed by atoms with Gasteiger partial charge in [0, 0.05) is 15.5 Å². The zero-order chi connectivity index (χ0) is 15.0. The number of aromatic carboxylic acids is 1. The summed E-state index contributed by atoms with van der Waals surface area (Å²) in [7, 11) is 0. The molecule has 0 bridgehead atoms. The summed E-state index contributed by atoms with van der Waals surface area (Å²) in [5.41, 5.74) is 4.57. The molecule has 0 radical (unpaired) electrons. The molecule has 1 aromatic carbocycles. The molecule has 3 nitrogen and oxygen atoms in total. The summed E-state index contributed by atoms with van der Waals surface area (Å²) in [4.78, 5) is 17.6. The number of fused-ring (bicyclic) bond motifs is 1. The van der Waals surface area contributed by atoms with E-state index in [1.807, 2.05) is 13.0 Å². The molecule has 0 spiro atoms. The van der Waals surface area contributed by atoms with Crippen LogP contribution in [0.25, 0.3) is 0 Å². The number of pyridine rings is 1. The number of aromatic nitrogens is 1. The Labute approximate surface area is 128 Å². The van der Waals surface area contributed by atoms with Gasteiger partial charge >= 0.3 is 5.97 Å². The van der Waals surface area contributed by atoms with Crippen LogP contribution < -0.4 is 0 Å². The van der Waals surface area contributed by atoms with Gasteiger partial charge in [0.05, 0.1) is 11.3 Å². The van der Waals surface area contributed by atoms with E-state index in [2.05, 4.69) is 23.2 Å². The first-order chi connectivity index (χ1) is 10.0. The van der Waals surface area contributed by atoms with E-state index in [-0.39, 0.29) is 0 Å². The summed E-state index contributed by atoms with van der Waals surface area (Å²) in [6, 6.07) is 8.32. The Balaban J connectivity index is 1.99. The molecule has 4 heteroatoms. The highest BCUT2D eigenvalue weighted by Crippen LogP contribution is 2.34. The second-order valence-corrected chi connectivity index (χ2v) is 6.53. The monoisotopic (exact) mass is 299 g/mol. The zero-order valence-corrected chi connectivity index (χ0v) is 13.0. The van der Waals surface area contributed by atoms with E-state index in [0.717, 1.165) is 28.3 Å². The van der Waals surface area contributed by atoms with Gasteiger partial charge in [-0.05, 0) is 62.4 Å². The molecule has 0 saturated carbocycles. The van der Waals surface area contributed by atoms with Gasteiger partial charge in [0.15, 0.2) is 0 Å². The standard InChI is InChI=1S/C17H17NO2S/c1-10-8-15(16(17(19)20)11(2)18-10)21-14-7-6-12-4-3-5-13(12)9-14/h6-9H,3-5H2,1-2H3,(H,19,20). The van der Waals surface area contributed by atoms with E-state index in [4.69, 9.17) is 0 Å². The number of hydrogen-bond donors (Lipinski definition) is 1. The van der Waals surface area contributed by atoms with E-state index < -0.39 is 5.97 Å². The van der Waals surface area contributed by atoms with Gasteiger partial charge in [0.25, 0.3) is 0 Å². The molecule has 0 unspecified atom stereocenters. The molecule has 21 heavy (non-hydrogen) atoms. The third-order valence-corrected chi connectivity index (χ3v) is 4.84. The van der Waals surface area contributed by atoms with Gasteiger partial charge < -0.3 is 5.11 Å². The van der Waals surface area contributed by atoms with Crippen LogP contribution in [0, 0.1) is 13.8 Å². The minimum absolute atomic E-state index is 0.311. The molecule has 2 aromatic rings. The van der Waals surface area contributed by atoms with Crippen molar-refractivity contribution >= 4 is 17.7 Å². The molecule has 3 rings (SSSR count). The quantitative estimate of drug-likeness (QED) is 0.929. The second kappa shape index (κ2) is 5.53. The smallest absolute Gasteiger partial charge is 0.338 e. The van der Waals surface area contributed by atoms with Crippen LogP contribution in [0.5, 0.6) is 0 Å². The highest BCUT2D eigenvalue weighted by Gasteiger charge is 2.17. The molecular formula is C17H17NO2S. The zero-order valence-electron chi connectivity index (χ0n) is 12.1. The number of carbonyl (C=O) groups is 1. The molecule has 1 heterocycles. The molecule has 1 aliphatic carbocycles. The first-order valence-electron chi connectivity index (χ1n) is 7.06. The largest absolute Gasteiger partial charge is 0.478 e. The maximum absolute atomic E-state index is 11.5. The second-order valence-electron chi connectivity index (χ2n) is 5.41. The van der Waals surface area contributed by atoms with E-state index in [1.165, 1.54) is 29.3 Å². The van der Waals surface area contributed by atoms with E-state index >= 15 is 0 Å². The molecular weight excluding hydrogens is 282 g/mol. The minimum Gasteiger partial charge on any atom is -0.478 e. The first-order valence-corrected chi connectivity index (χ1v) is 7.87. The highest BCUT2D eigenvalue weighted by atomic mass is 32.2. The lowest BCUT2D eigenvalue weighted by Crippen LogP contribution is -2.05. The number of hydrogen-bond acceptors (Lipinski definition) is 3. The minimum atomic E-state index is -0.913. The molecule has 108 valence electrons. The van der Waals surface area contributed by atoms with E-state index in [0.29, 0.717) is 11.3 Å². The van der Waals surface area contributed by atoms with Crippen LogP contribution in [0.3, 0.4) is 0 Å². The number of carboxylic acid groups (broad SMARTS) is 1. The maximum Gasteiger partial charge on any atom is 0.338 e.